The molecular weight excluding hydrogens is 359 g/mol. The first-order valence-electron chi connectivity index (χ1n) is 8.07. The van der Waals surface area contributed by atoms with Gasteiger partial charge in [0.2, 0.25) is 0 Å². The van der Waals surface area contributed by atoms with Crippen LogP contribution < -0.4 is 15.5 Å². The van der Waals surface area contributed by atoms with Gasteiger partial charge >= 0.3 is 0 Å². The molecule has 0 aliphatic carbocycles. The van der Waals surface area contributed by atoms with Crippen LogP contribution in [-0.4, -0.2) is 36.2 Å². The van der Waals surface area contributed by atoms with Crippen molar-refractivity contribution in [1.29, 1.82) is 0 Å². The number of hydrogen-bond acceptors (Lipinski definition) is 3. The molecule has 0 spiro atoms. The van der Waals surface area contributed by atoms with Gasteiger partial charge in [-0.2, -0.15) is 0 Å². The molecule has 0 radical (unpaired) electrons. The number of hydrogen-bond donors (Lipinski definition) is 2. The first kappa shape index (κ1) is 19.4. The van der Waals surface area contributed by atoms with E-state index in [1.807, 2.05) is 61.8 Å². The van der Waals surface area contributed by atoms with Crippen molar-refractivity contribution in [2.24, 2.45) is 12.0 Å². The molecule has 2 aromatic heterocycles. The summed E-state index contributed by atoms with van der Waals surface area (Å²) in [6, 6.07) is 7.78. The number of nitrogens with one attached hydrogen (secondary N) is 2. The average Bonchev–Trinajstić information content (AvgIpc) is 2.84. The van der Waals surface area contributed by atoms with Crippen molar-refractivity contribution in [2.45, 2.75) is 20.0 Å². The maximum Gasteiger partial charge on any atom is 0.191 e. The summed E-state index contributed by atoms with van der Waals surface area (Å²) in [5, 5.41) is 7.60. The van der Waals surface area contributed by atoms with Crippen molar-refractivity contribution in [3.8, 4) is 0 Å². The smallest absolute Gasteiger partial charge is 0.191 e. The molecule has 2 heterocycles. The lowest BCUT2D eigenvalue weighted by molar-refractivity contribution is 0.751. The van der Waals surface area contributed by atoms with Crippen molar-refractivity contribution < 1.29 is 0 Å². The molecular formula is C17H24Cl2N6. The Labute approximate surface area is 158 Å². The lowest BCUT2D eigenvalue weighted by Crippen LogP contribution is -2.37. The van der Waals surface area contributed by atoms with Crippen LogP contribution in [-0.2, 0) is 20.1 Å². The molecule has 0 aliphatic heterocycles. The number of anilines is 1. The summed E-state index contributed by atoms with van der Waals surface area (Å²) < 4.78 is 1.85. The van der Waals surface area contributed by atoms with E-state index in [0.29, 0.717) is 29.2 Å². The van der Waals surface area contributed by atoms with E-state index in [4.69, 9.17) is 23.2 Å². The Morgan fingerprint density at radius 1 is 1.28 bits per heavy atom. The number of guanidine groups is 1. The molecule has 0 atom stereocenters. The Morgan fingerprint density at radius 2 is 2.04 bits per heavy atom. The minimum Gasteiger partial charge on any atom is -0.363 e. The fraction of sp³-hybridized carbons (Fsp3) is 0.412. The highest BCUT2D eigenvalue weighted by Crippen LogP contribution is 2.24. The van der Waals surface area contributed by atoms with Gasteiger partial charge in [-0.15, -0.1) is 0 Å². The van der Waals surface area contributed by atoms with E-state index in [2.05, 4.69) is 20.6 Å². The van der Waals surface area contributed by atoms with Crippen molar-refractivity contribution >= 4 is 35.0 Å². The number of rotatable bonds is 6. The van der Waals surface area contributed by atoms with Crippen LogP contribution in [0.3, 0.4) is 0 Å². The van der Waals surface area contributed by atoms with E-state index in [1.165, 1.54) is 0 Å². The number of pyridine rings is 1. The molecule has 0 saturated carbocycles. The molecule has 2 aromatic rings. The molecule has 2 rings (SSSR count). The quantitative estimate of drug-likeness (QED) is 0.595. The molecule has 2 N–H and O–H groups in total. The van der Waals surface area contributed by atoms with Gasteiger partial charge in [0.1, 0.15) is 11.0 Å². The monoisotopic (exact) mass is 382 g/mol. The fourth-order valence-corrected chi connectivity index (χ4v) is 2.65. The van der Waals surface area contributed by atoms with Crippen LogP contribution >= 0.6 is 23.2 Å². The Balaban J connectivity index is 2.05. The van der Waals surface area contributed by atoms with Gasteiger partial charge < -0.3 is 20.1 Å². The summed E-state index contributed by atoms with van der Waals surface area (Å²) in [7, 11) is 5.82. The molecule has 8 heteroatoms. The SMILES string of the molecule is CCNC(=NCc1cccc(N(C)C)n1)NCc1cc(Cl)c(Cl)n1C. The number of halogens is 2. The molecule has 6 nitrogen and oxygen atoms in total. The second-order valence-electron chi connectivity index (χ2n) is 5.76. The normalized spacial score (nSPS) is 11.5. The minimum absolute atomic E-state index is 0.492. The molecule has 0 saturated heterocycles. The van der Waals surface area contributed by atoms with Gasteiger partial charge in [-0.25, -0.2) is 9.98 Å². The third-order valence-electron chi connectivity index (χ3n) is 3.65. The van der Waals surface area contributed by atoms with Gasteiger partial charge in [0, 0.05) is 33.4 Å². The van der Waals surface area contributed by atoms with Crippen LogP contribution in [0.4, 0.5) is 5.82 Å². The Hall–Kier alpha value is -1.92. The van der Waals surface area contributed by atoms with Crippen LogP contribution in [0.5, 0.6) is 0 Å². The fourth-order valence-electron chi connectivity index (χ4n) is 2.24. The molecule has 0 aliphatic rings. The highest BCUT2D eigenvalue weighted by Gasteiger charge is 2.09. The number of aliphatic imine (C=N–C) groups is 1. The van der Waals surface area contributed by atoms with Gasteiger partial charge in [-0.3, -0.25) is 0 Å². The second-order valence-corrected chi connectivity index (χ2v) is 6.53. The van der Waals surface area contributed by atoms with Crippen molar-refractivity contribution in [2.75, 3.05) is 25.5 Å². The summed E-state index contributed by atoms with van der Waals surface area (Å²) in [5.74, 6) is 1.63. The Kier molecular flexibility index (Phi) is 6.96. The molecule has 0 fully saturated rings. The van der Waals surface area contributed by atoms with Crippen LogP contribution in [0.15, 0.2) is 29.3 Å². The summed E-state index contributed by atoms with van der Waals surface area (Å²) in [4.78, 5) is 11.1. The van der Waals surface area contributed by atoms with Crippen LogP contribution in [0, 0.1) is 0 Å². The van der Waals surface area contributed by atoms with Crippen LogP contribution in [0.2, 0.25) is 10.2 Å². The molecule has 0 bridgehead atoms. The summed E-state index contributed by atoms with van der Waals surface area (Å²) in [6.45, 7) is 3.86. The van der Waals surface area contributed by atoms with E-state index >= 15 is 0 Å². The topological polar surface area (TPSA) is 57.5 Å². The lowest BCUT2D eigenvalue weighted by atomic mass is 10.3. The average molecular weight is 383 g/mol. The highest BCUT2D eigenvalue weighted by molar-refractivity contribution is 6.41. The van der Waals surface area contributed by atoms with Crippen LogP contribution in [0.1, 0.15) is 18.3 Å². The Bertz CT molecular complexity index is 739. The molecule has 0 aromatic carbocycles. The standard InChI is InChI=1S/C17H24Cl2N6/c1-5-20-17(22-11-13-9-14(18)16(19)25(13)4)21-10-12-7-6-8-15(23-12)24(2)3/h6-9H,5,10-11H2,1-4H3,(H2,20,21,22). The first-order chi connectivity index (χ1) is 11.9. The van der Waals surface area contributed by atoms with Gasteiger partial charge in [-0.1, -0.05) is 29.3 Å². The third kappa shape index (κ3) is 5.28. The third-order valence-corrected chi connectivity index (χ3v) is 4.49. The Morgan fingerprint density at radius 3 is 2.64 bits per heavy atom. The van der Waals surface area contributed by atoms with E-state index in [9.17, 15) is 0 Å². The first-order valence-corrected chi connectivity index (χ1v) is 8.83. The summed E-state index contributed by atoms with van der Waals surface area (Å²) in [5.41, 5.74) is 1.89. The van der Waals surface area contributed by atoms with Gasteiger partial charge in [-0.05, 0) is 25.1 Å². The molecule has 0 unspecified atom stereocenters. The van der Waals surface area contributed by atoms with E-state index < -0.39 is 0 Å². The second kappa shape index (κ2) is 8.97. The minimum atomic E-state index is 0.492. The van der Waals surface area contributed by atoms with Crippen molar-refractivity contribution in [1.82, 2.24) is 20.2 Å². The largest absolute Gasteiger partial charge is 0.363 e. The number of aromatic nitrogens is 2. The maximum absolute atomic E-state index is 6.10. The van der Waals surface area contributed by atoms with Gasteiger partial charge in [0.15, 0.2) is 5.96 Å². The lowest BCUT2D eigenvalue weighted by Gasteiger charge is -2.13. The van der Waals surface area contributed by atoms with Crippen LogP contribution in [0.25, 0.3) is 0 Å². The van der Waals surface area contributed by atoms with Crippen molar-refractivity contribution in [3.05, 3.63) is 45.8 Å². The zero-order valence-electron chi connectivity index (χ0n) is 15.0. The zero-order valence-corrected chi connectivity index (χ0v) is 16.5. The van der Waals surface area contributed by atoms with E-state index in [-0.39, 0.29) is 0 Å². The summed E-state index contributed by atoms with van der Waals surface area (Å²) in [6.07, 6.45) is 0. The molecule has 0 amide bonds. The maximum atomic E-state index is 6.10. The van der Waals surface area contributed by atoms with Gasteiger partial charge in [0.25, 0.3) is 0 Å². The van der Waals surface area contributed by atoms with Gasteiger partial charge in [0.05, 0.1) is 23.8 Å². The highest BCUT2D eigenvalue weighted by atomic mass is 35.5. The van der Waals surface area contributed by atoms with Crippen molar-refractivity contribution in [3.63, 3.8) is 0 Å². The number of nitrogens with zero attached hydrogens (tertiary/aromatic N) is 4. The predicted molar refractivity (Wildman–Crippen MR) is 106 cm³/mol. The van der Waals surface area contributed by atoms with E-state index in [0.717, 1.165) is 23.8 Å². The summed E-state index contributed by atoms with van der Waals surface area (Å²) >= 11 is 12.2. The predicted octanol–water partition coefficient (Wildman–Crippen LogP) is 3.05. The molecule has 25 heavy (non-hydrogen) atoms. The van der Waals surface area contributed by atoms with E-state index in [1.54, 1.807) is 0 Å². The molecule has 136 valence electrons. The zero-order chi connectivity index (χ0) is 18.4.